The van der Waals surface area contributed by atoms with Crippen molar-refractivity contribution < 1.29 is 42.8 Å². The van der Waals surface area contributed by atoms with E-state index in [-0.39, 0.29) is 23.2 Å². The van der Waals surface area contributed by atoms with Crippen molar-refractivity contribution in [2.45, 2.75) is 50.5 Å². The van der Waals surface area contributed by atoms with Crippen LogP contribution in [0.1, 0.15) is 60.8 Å². The Kier molecular flexibility index (Phi) is 12.5. The molecule has 1 atom stereocenters. The van der Waals surface area contributed by atoms with Gasteiger partial charge >= 0.3 is 11.9 Å². The van der Waals surface area contributed by atoms with Gasteiger partial charge in [0.2, 0.25) is 0 Å². The molecule has 0 aliphatic carbocycles. The van der Waals surface area contributed by atoms with Crippen LogP contribution in [-0.4, -0.2) is 67.5 Å². The van der Waals surface area contributed by atoms with Crippen molar-refractivity contribution in [2.75, 3.05) is 40.5 Å². The van der Waals surface area contributed by atoms with E-state index in [1.807, 2.05) is 24.3 Å². The maximum absolute atomic E-state index is 13.6. The predicted octanol–water partition coefficient (Wildman–Crippen LogP) is 6.81. The largest absolute Gasteiger partial charge is 0.493 e. The lowest BCUT2D eigenvalue weighted by Crippen LogP contribution is -2.45. The van der Waals surface area contributed by atoms with Crippen LogP contribution < -0.4 is 9.47 Å². The number of aliphatic carboxylic acids is 2. The first-order valence-corrected chi connectivity index (χ1v) is 15.8. The smallest absolute Gasteiger partial charge is 0.328 e. The number of hydrogen-bond donors (Lipinski definition) is 2. The Morgan fingerprint density at radius 2 is 1.43 bits per heavy atom. The number of benzene rings is 3. The second-order valence-electron chi connectivity index (χ2n) is 12.0. The molecule has 3 aromatic rings. The van der Waals surface area contributed by atoms with Gasteiger partial charge in [-0.3, -0.25) is 0 Å². The first-order valence-electron chi connectivity index (χ1n) is 15.8. The van der Waals surface area contributed by atoms with Crippen LogP contribution in [0.3, 0.4) is 0 Å². The average molecular weight is 652 g/mol. The molecule has 5 rings (SSSR count). The zero-order valence-corrected chi connectivity index (χ0v) is 27.1. The summed E-state index contributed by atoms with van der Waals surface area (Å²) < 4.78 is 44.8. The molecule has 0 saturated carbocycles. The van der Waals surface area contributed by atoms with E-state index in [0.29, 0.717) is 24.7 Å². The lowest BCUT2D eigenvalue weighted by Gasteiger charge is -2.46. The van der Waals surface area contributed by atoms with Crippen molar-refractivity contribution in [3.63, 3.8) is 0 Å². The Balaban J connectivity index is 0.000000555. The molecular weight excluding hydrogens is 608 g/mol. The summed E-state index contributed by atoms with van der Waals surface area (Å²) >= 11 is 0. The number of methoxy groups -OCH3 is 2. The van der Waals surface area contributed by atoms with Crippen LogP contribution in [0.25, 0.3) is 0 Å². The topological polar surface area (TPSA) is 106 Å². The molecule has 0 bridgehead atoms. The molecule has 0 radical (unpaired) electrons. The second kappa shape index (κ2) is 16.5. The number of carbonyl (C=O) groups is 2. The lowest BCUT2D eigenvalue weighted by molar-refractivity contribution is -0.134. The van der Waals surface area contributed by atoms with E-state index >= 15 is 0 Å². The number of fused-ring (bicyclic) bond motifs is 1. The van der Waals surface area contributed by atoms with Crippen LogP contribution in [0.4, 0.5) is 8.78 Å². The number of carboxylic acid groups (broad SMARTS) is 2. The van der Waals surface area contributed by atoms with Crippen LogP contribution in [0.5, 0.6) is 11.5 Å². The predicted molar refractivity (Wildman–Crippen MR) is 174 cm³/mol. The van der Waals surface area contributed by atoms with Crippen molar-refractivity contribution in [3.05, 3.63) is 107 Å². The molecule has 1 saturated heterocycles. The molecule has 3 aromatic carbocycles. The molecule has 0 spiro atoms. The molecule has 2 aliphatic rings. The molecule has 2 N–H and O–H groups in total. The van der Waals surface area contributed by atoms with Crippen molar-refractivity contribution in [1.82, 2.24) is 4.90 Å². The Bertz CT molecular complexity index is 1460. The molecule has 252 valence electrons. The van der Waals surface area contributed by atoms with Gasteiger partial charge in [0.25, 0.3) is 0 Å². The normalized spacial score (nSPS) is 18.3. The van der Waals surface area contributed by atoms with Gasteiger partial charge in [0.15, 0.2) is 11.5 Å². The summed E-state index contributed by atoms with van der Waals surface area (Å²) in [6.07, 6.45) is 6.08. The molecular formula is C37H43F2NO7. The zero-order valence-electron chi connectivity index (χ0n) is 27.1. The Hall–Kier alpha value is -4.28. The molecule has 47 heavy (non-hydrogen) atoms. The Morgan fingerprint density at radius 3 is 1.91 bits per heavy atom. The fourth-order valence-electron chi connectivity index (χ4n) is 6.66. The minimum absolute atomic E-state index is 0.113. The highest BCUT2D eigenvalue weighted by Crippen LogP contribution is 2.46. The van der Waals surface area contributed by atoms with Crippen molar-refractivity contribution in [2.24, 2.45) is 5.92 Å². The summed E-state index contributed by atoms with van der Waals surface area (Å²) in [5.74, 6) is -0.929. The molecule has 1 fully saturated rings. The molecule has 10 heteroatoms. The summed E-state index contributed by atoms with van der Waals surface area (Å²) in [5.41, 5.74) is 4.31. The highest BCUT2D eigenvalue weighted by atomic mass is 19.1. The Labute approximate surface area is 274 Å². The van der Waals surface area contributed by atoms with E-state index in [9.17, 15) is 18.4 Å². The number of nitrogens with zero attached hydrogens (tertiary/aromatic N) is 1. The third kappa shape index (κ3) is 9.39. The number of hydrogen-bond acceptors (Lipinski definition) is 6. The van der Waals surface area contributed by atoms with Crippen LogP contribution in [0.2, 0.25) is 0 Å². The van der Waals surface area contributed by atoms with Crippen LogP contribution in [0, 0.1) is 17.6 Å². The summed E-state index contributed by atoms with van der Waals surface area (Å²) in [6.45, 7) is 6.03. The molecule has 0 aromatic heterocycles. The van der Waals surface area contributed by atoms with Gasteiger partial charge in [0, 0.05) is 18.1 Å². The maximum Gasteiger partial charge on any atom is 0.328 e. The standard InChI is InChI=1S/C33H39F2NO3.C4H4O4/c1-33(30-22-32(38-3)31(37-2)21-25(30)16-20-39-33)26-14-18-36(19-15-26)17-4-5-29(23-6-10-27(34)11-7-23)24-8-12-28(35)13-9-24;5-3(6)1-2-4(7)8/h6-13,21-22,26,29H,4-5,14-20H2,1-3H3;1-2H,(H,5,6)(H,7,8)/b;2-1+. The monoisotopic (exact) mass is 651 g/mol. The summed E-state index contributed by atoms with van der Waals surface area (Å²) in [7, 11) is 3.36. The molecule has 8 nitrogen and oxygen atoms in total. The van der Waals surface area contributed by atoms with E-state index in [4.69, 9.17) is 24.4 Å². The minimum atomic E-state index is -1.26. The number of carboxylic acids is 2. The second-order valence-corrected chi connectivity index (χ2v) is 12.0. The number of rotatable bonds is 11. The van der Waals surface area contributed by atoms with Gasteiger partial charge in [-0.25, -0.2) is 18.4 Å². The minimum Gasteiger partial charge on any atom is -0.493 e. The van der Waals surface area contributed by atoms with Gasteiger partial charge < -0.3 is 29.3 Å². The lowest BCUT2D eigenvalue weighted by atomic mass is 9.74. The highest BCUT2D eigenvalue weighted by molar-refractivity contribution is 5.89. The van der Waals surface area contributed by atoms with Crippen molar-refractivity contribution in [3.8, 4) is 11.5 Å². The maximum atomic E-state index is 13.6. The van der Waals surface area contributed by atoms with Crippen molar-refractivity contribution in [1.29, 1.82) is 0 Å². The van der Waals surface area contributed by atoms with Crippen LogP contribution in [0.15, 0.2) is 72.8 Å². The quantitative estimate of drug-likeness (QED) is 0.218. The van der Waals surface area contributed by atoms with E-state index in [1.54, 1.807) is 14.2 Å². The summed E-state index contributed by atoms with van der Waals surface area (Å²) in [6, 6.07) is 17.7. The average Bonchev–Trinajstić information content (AvgIpc) is 3.07. The highest BCUT2D eigenvalue weighted by Gasteiger charge is 2.42. The van der Waals surface area contributed by atoms with Gasteiger partial charge in [-0.15, -0.1) is 0 Å². The fraction of sp³-hybridized carbons (Fsp3) is 0.405. The first kappa shape index (κ1) is 35.6. The third-order valence-corrected chi connectivity index (χ3v) is 9.16. The van der Waals surface area contributed by atoms with Gasteiger partial charge in [-0.2, -0.15) is 0 Å². The number of likely N-dealkylation sites (tertiary alicyclic amines) is 1. The molecule has 1 unspecified atom stereocenters. The molecule has 2 heterocycles. The van der Waals surface area contributed by atoms with Gasteiger partial charge in [-0.1, -0.05) is 24.3 Å². The Morgan fingerprint density at radius 1 is 0.915 bits per heavy atom. The van der Waals surface area contributed by atoms with E-state index in [1.165, 1.54) is 35.4 Å². The number of ether oxygens (including phenoxy) is 3. The van der Waals surface area contributed by atoms with Gasteiger partial charge in [-0.05, 0) is 123 Å². The zero-order chi connectivity index (χ0) is 34.0. The number of piperidine rings is 1. The summed E-state index contributed by atoms with van der Waals surface area (Å²) in [5, 5.41) is 15.6. The van der Waals surface area contributed by atoms with Crippen LogP contribution >= 0.6 is 0 Å². The van der Waals surface area contributed by atoms with Gasteiger partial charge in [0.05, 0.1) is 26.4 Å². The van der Waals surface area contributed by atoms with E-state index < -0.39 is 11.9 Å². The van der Waals surface area contributed by atoms with Gasteiger partial charge in [0.1, 0.15) is 11.6 Å². The number of halogens is 2. The molecule has 0 amide bonds. The SMILES string of the molecule is COc1cc2c(cc1OC)C(C)(C1CCN(CCCC(c3ccc(F)cc3)c3ccc(F)cc3)CC1)OCC2.O=C(O)/C=C/C(=O)O. The fourth-order valence-corrected chi connectivity index (χ4v) is 6.66. The molecule has 2 aliphatic heterocycles. The third-order valence-electron chi connectivity index (χ3n) is 9.16. The summed E-state index contributed by atoms with van der Waals surface area (Å²) in [4.78, 5) is 21.7. The van der Waals surface area contributed by atoms with E-state index in [2.05, 4.69) is 24.0 Å². The van der Waals surface area contributed by atoms with E-state index in [0.717, 1.165) is 74.4 Å². The van der Waals surface area contributed by atoms with Crippen LogP contribution in [-0.2, 0) is 26.3 Å². The first-order chi connectivity index (χ1) is 22.5. The van der Waals surface area contributed by atoms with Crippen molar-refractivity contribution >= 4 is 11.9 Å².